The van der Waals surface area contributed by atoms with E-state index in [0.717, 1.165) is 0 Å². The highest BCUT2D eigenvalue weighted by molar-refractivity contribution is 6.30. The second kappa shape index (κ2) is 8.52. The van der Waals surface area contributed by atoms with Crippen LogP contribution in [0, 0.1) is 20.2 Å². The van der Waals surface area contributed by atoms with Gasteiger partial charge in [-0.25, -0.2) is 0 Å². The molecule has 0 bridgehead atoms. The average Bonchev–Trinajstić information content (AvgIpc) is 2.63. The first-order valence-corrected chi connectivity index (χ1v) is 8.64. The monoisotopic (exact) mass is 433 g/mol. The van der Waals surface area contributed by atoms with Gasteiger partial charge in [-0.1, -0.05) is 11.6 Å². The fourth-order valence-corrected chi connectivity index (χ4v) is 2.85. The molecule has 12 heteroatoms. The molecule has 8 nitrogen and oxygen atoms in total. The maximum atomic E-state index is 13.6. The Morgan fingerprint density at radius 3 is 2.03 bits per heavy atom. The van der Waals surface area contributed by atoms with Crippen LogP contribution >= 0.6 is 11.6 Å². The van der Waals surface area contributed by atoms with Crippen LogP contribution < -0.4 is 9.64 Å². The van der Waals surface area contributed by atoms with E-state index < -0.39 is 44.4 Å². The molecule has 0 aliphatic heterocycles. The molecule has 0 saturated heterocycles. The van der Waals surface area contributed by atoms with Crippen molar-refractivity contribution in [3.8, 4) is 11.5 Å². The van der Waals surface area contributed by atoms with Crippen LogP contribution in [-0.2, 0) is 6.18 Å². The van der Waals surface area contributed by atoms with Crippen LogP contribution in [-0.4, -0.2) is 22.9 Å². The summed E-state index contributed by atoms with van der Waals surface area (Å²) in [6.07, 6.45) is -5.14. The highest BCUT2D eigenvalue weighted by Crippen LogP contribution is 2.52. The third-order valence-corrected chi connectivity index (χ3v) is 4.26. The van der Waals surface area contributed by atoms with E-state index >= 15 is 0 Å². The largest absolute Gasteiger partial charge is 0.449 e. The predicted molar refractivity (Wildman–Crippen MR) is 99.8 cm³/mol. The maximum absolute atomic E-state index is 13.6. The lowest BCUT2D eigenvalue weighted by molar-refractivity contribution is -0.393. The topological polar surface area (TPSA) is 98.8 Å². The van der Waals surface area contributed by atoms with Crippen molar-refractivity contribution < 1.29 is 27.8 Å². The second-order valence-corrected chi connectivity index (χ2v) is 6.15. The molecular formula is C17H15ClF3N3O5. The van der Waals surface area contributed by atoms with E-state index in [0.29, 0.717) is 0 Å². The Labute approximate surface area is 167 Å². The molecule has 156 valence electrons. The number of alkyl halides is 3. The van der Waals surface area contributed by atoms with Gasteiger partial charge in [-0.05, 0) is 38.1 Å². The highest BCUT2D eigenvalue weighted by atomic mass is 35.5. The van der Waals surface area contributed by atoms with Gasteiger partial charge in [-0.15, -0.1) is 0 Å². The van der Waals surface area contributed by atoms with Crippen LogP contribution in [0.4, 0.5) is 30.2 Å². The fraction of sp³-hybridized carbons (Fsp3) is 0.294. The zero-order valence-corrected chi connectivity index (χ0v) is 16.0. The molecule has 0 aliphatic carbocycles. The number of rotatable bonds is 7. The number of nitro benzene ring substituents is 2. The van der Waals surface area contributed by atoms with Crippen molar-refractivity contribution in [2.75, 3.05) is 18.0 Å². The van der Waals surface area contributed by atoms with Crippen molar-refractivity contribution in [2.24, 2.45) is 0 Å². The molecule has 0 N–H and O–H groups in total. The van der Waals surface area contributed by atoms with Crippen molar-refractivity contribution >= 4 is 28.7 Å². The SMILES string of the molecule is CCN(CC)c1c([N+](=O)[O-])cc(C(F)(F)F)c(Oc2ccc(Cl)cc2)c1[N+](=O)[O-]. The van der Waals surface area contributed by atoms with E-state index in [1.807, 2.05) is 0 Å². The Morgan fingerprint density at radius 1 is 1.07 bits per heavy atom. The molecule has 2 aromatic rings. The lowest BCUT2D eigenvalue weighted by Gasteiger charge is -2.23. The zero-order chi connectivity index (χ0) is 21.9. The lowest BCUT2D eigenvalue weighted by atomic mass is 10.1. The normalized spacial score (nSPS) is 11.2. The number of nitrogens with zero attached hydrogens (tertiary/aromatic N) is 3. The average molecular weight is 434 g/mol. The van der Waals surface area contributed by atoms with Crippen molar-refractivity contribution in [3.05, 3.63) is 61.1 Å². The van der Waals surface area contributed by atoms with Gasteiger partial charge in [0.25, 0.3) is 0 Å². The van der Waals surface area contributed by atoms with Gasteiger partial charge in [0, 0.05) is 24.2 Å². The van der Waals surface area contributed by atoms with Gasteiger partial charge >= 0.3 is 17.6 Å². The minimum atomic E-state index is -5.14. The predicted octanol–water partition coefficient (Wildman–Crippen LogP) is 5.81. The maximum Gasteiger partial charge on any atom is 0.420 e. The van der Waals surface area contributed by atoms with Crippen LogP contribution in [0.15, 0.2) is 30.3 Å². The number of benzene rings is 2. The Kier molecular flexibility index (Phi) is 6.52. The number of hydrogen-bond acceptors (Lipinski definition) is 6. The summed E-state index contributed by atoms with van der Waals surface area (Å²) in [6.45, 7) is 3.30. The molecule has 0 aliphatic rings. The summed E-state index contributed by atoms with van der Waals surface area (Å²) < 4.78 is 46.1. The van der Waals surface area contributed by atoms with Crippen LogP contribution in [0.5, 0.6) is 11.5 Å². The Morgan fingerprint density at radius 2 is 1.62 bits per heavy atom. The molecule has 0 atom stereocenters. The van der Waals surface area contributed by atoms with E-state index in [4.69, 9.17) is 16.3 Å². The van der Waals surface area contributed by atoms with Gasteiger partial charge in [0.05, 0.1) is 9.85 Å². The number of hydrogen-bond donors (Lipinski definition) is 0. The summed E-state index contributed by atoms with van der Waals surface area (Å²) in [5.41, 5.74) is -4.34. The second-order valence-electron chi connectivity index (χ2n) is 5.71. The lowest BCUT2D eigenvalue weighted by Crippen LogP contribution is -2.25. The number of ether oxygens (including phenoxy) is 1. The van der Waals surface area contributed by atoms with Crippen LogP contribution in [0.1, 0.15) is 19.4 Å². The third-order valence-electron chi connectivity index (χ3n) is 4.01. The summed E-state index contributed by atoms with van der Waals surface area (Å²) in [7, 11) is 0. The zero-order valence-electron chi connectivity index (χ0n) is 15.2. The van der Waals surface area contributed by atoms with E-state index in [1.165, 1.54) is 29.2 Å². The molecular weight excluding hydrogens is 419 g/mol. The molecule has 0 spiro atoms. The summed E-state index contributed by atoms with van der Waals surface area (Å²) in [5, 5.41) is 23.5. The van der Waals surface area contributed by atoms with E-state index in [1.54, 1.807) is 13.8 Å². The molecule has 2 rings (SSSR count). The summed E-state index contributed by atoms with van der Waals surface area (Å²) in [4.78, 5) is 22.3. The first kappa shape index (κ1) is 22.2. The molecule has 0 fully saturated rings. The molecule has 29 heavy (non-hydrogen) atoms. The van der Waals surface area contributed by atoms with Gasteiger partial charge in [0.2, 0.25) is 5.75 Å². The van der Waals surface area contributed by atoms with Gasteiger partial charge in [-0.3, -0.25) is 20.2 Å². The Balaban J connectivity index is 2.93. The van der Waals surface area contributed by atoms with Crippen molar-refractivity contribution in [3.63, 3.8) is 0 Å². The van der Waals surface area contributed by atoms with Crippen LogP contribution in [0.2, 0.25) is 5.02 Å². The smallest absolute Gasteiger partial charge is 0.420 e. The minimum absolute atomic E-state index is 0.0872. The van der Waals surface area contributed by atoms with E-state index in [2.05, 4.69) is 0 Å². The minimum Gasteiger partial charge on any atom is -0.449 e. The van der Waals surface area contributed by atoms with Gasteiger partial charge < -0.3 is 9.64 Å². The van der Waals surface area contributed by atoms with E-state index in [-0.39, 0.29) is 29.9 Å². The summed E-state index contributed by atoms with van der Waals surface area (Å²) in [5.74, 6) is -1.28. The van der Waals surface area contributed by atoms with Crippen LogP contribution in [0.25, 0.3) is 0 Å². The van der Waals surface area contributed by atoms with E-state index in [9.17, 15) is 33.4 Å². The summed E-state index contributed by atoms with van der Waals surface area (Å²) in [6, 6.07) is 5.36. The molecule has 0 saturated carbocycles. The number of halogens is 4. The fourth-order valence-electron chi connectivity index (χ4n) is 2.72. The van der Waals surface area contributed by atoms with Gasteiger partial charge in [0.1, 0.15) is 11.3 Å². The molecule has 0 unspecified atom stereocenters. The summed E-state index contributed by atoms with van der Waals surface area (Å²) >= 11 is 5.73. The Hall–Kier alpha value is -3.08. The Bertz CT molecular complexity index is 931. The highest BCUT2D eigenvalue weighted by Gasteiger charge is 2.45. The quantitative estimate of drug-likeness (QED) is 0.403. The molecule has 0 amide bonds. The standard InChI is InChI=1S/C17H15ClF3N3O5/c1-3-22(4-2)14-13(23(25)26)9-12(17(19,20)21)16(15(14)24(27)28)29-11-7-5-10(18)6-8-11/h5-9H,3-4H2,1-2H3. The molecule has 0 heterocycles. The first-order valence-electron chi connectivity index (χ1n) is 8.26. The molecule has 0 radical (unpaired) electrons. The number of anilines is 1. The van der Waals surface area contributed by atoms with Crippen molar-refractivity contribution in [1.82, 2.24) is 0 Å². The van der Waals surface area contributed by atoms with Crippen molar-refractivity contribution in [2.45, 2.75) is 20.0 Å². The van der Waals surface area contributed by atoms with Crippen LogP contribution in [0.3, 0.4) is 0 Å². The van der Waals surface area contributed by atoms with Gasteiger partial charge in [-0.2, -0.15) is 13.2 Å². The number of nitro groups is 2. The molecule has 0 aromatic heterocycles. The van der Waals surface area contributed by atoms with Crippen molar-refractivity contribution in [1.29, 1.82) is 0 Å². The third kappa shape index (κ3) is 4.67. The molecule has 2 aromatic carbocycles. The first-order chi connectivity index (χ1) is 13.5. The van der Waals surface area contributed by atoms with Gasteiger partial charge in [0.15, 0.2) is 5.69 Å².